The lowest BCUT2D eigenvalue weighted by Gasteiger charge is -1.92. The smallest absolute Gasteiger partial charge is 0.163 e. The zero-order chi connectivity index (χ0) is 4.99. The third kappa shape index (κ3) is 10.7. The molecule has 0 aliphatic carbocycles. The maximum Gasteiger partial charge on any atom is 0.163 e. The van der Waals surface area contributed by atoms with Crippen molar-refractivity contribution in [1.29, 1.82) is 0 Å². The van der Waals surface area contributed by atoms with Crippen molar-refractivity contribution < 1.29 is 0 Å². The number of nitrogens with two attached hydrogens (primary N) is 1. The van der Waals surface area contributed by atoms with Crippen molar-refractivity contribution in [3.05, 3.63) is 0 Å². The summed E-state index contributed by atoms with van der Waals surface area (Å²) in [6, 6.07) is 0. The maximum atomic E-state index is 5.02. The molecule has 0 saturated carbocycles. The van der Waals surface area contributed by atoms with E-state index in [0.29, 0.717) is 5.11 Å². The number of hydrogen-bond acceptors (Lipinski definition) is 1. The number of thiocarbonyl (C=S) groups is 1. The third-order valence-electron chi connectivity index (χ3n) is 0.351. The first-order valence-electron chi connectivity index (χ1n) is 1.80. The minimum atomic E-state index is 0. The molecule has 0 aromatic rings. The molecular formula is C3H10N2S2. The number of nitrogens with one attached hydrogen (secondary N) is 1. The van der Waals surface area contributed by atoms with Crippen molar-refractivity contribution in [3.8, 4) is 0 Å². The van der Waals surface area contributed by atoms with Gasteiger partial charge in [-0.3, -0.25) is 0 Å². The predicted molar refractivity (Wildman–Crippen MR) is 40.8 cm³/mol. The van der Waals surface area contributed by atoms with Crippen molar-refractivity contribution >= 4 is 30.8 Å². The second-order valence-electron chi connectivity index (χ2n) is 0.895. The van der Waals surface area contributed by atoms with Gasteiger partial charge in [0.25, 0.3) is 0 Å². The topological polar surface area (TPSA) is 38.0 Å². The average molecular weight is 138 g/mol. The fourth-order valence-electron chi connectivity index (χ4n) is 0.174. The Labute approximate surface area is 55.9 Å². The summed E-state index contributed by atoms with van der Waals surface area (Å²) in [7, 11) is 0. The van der Waals surface area contributed by atoms with Gasteiger partial charge in [-0.15, -0.1) is 0 Å². The van der Waals surface area contributed by atoms with Crippen LogP contribution in [0.5, 0.6) is 0 Å². The molecule has 0 atom stereocenters. The molecule has 0 aromatic heterocycles. The summed E-state index contributed by atoms with van der Waals surface area (Å²) in [5, 5.41) is 3.09. The van der Waals surface area contributed by atoms with E-state index in [1.54, 1.807) is 0 Å². The molecule has 0 saturated heterocycles. The summed E-state index contributed by atoms with van der Waals surface area (Å²) in [6.45, 7) is 2.76. The Balaban J connectivity index is 0. The lowest BCUT2D eigenvalue weighted by molar-refractivity contribution is 0.973. The molecule has 0 fully saturated rings. The zero-order valence-corrected chi connectivity index (χ0v) is 6.01. The number of rotatable bonds is 1. The highest BCUT2D eigenvalue weighted by molar-refractivity contribution is 7.80. The lowest BCUT2D eigenvalue weighted by Crippen LogP contribution is -2.28. The molecule has 3 N–H and O–H groups in total. The van der Waals surface area contributed by atoms with Gasteiger partial charge in [0.1, 0.15) is 0 Å². The van der Waals surface area contributed by atoms with Gasteiger partial charge in [0.05, 0.1) is 0 Å². The first-order valence-corrected chi connectivity index (χ1v) is 2.21. The van der Waals surface area contributed by atoms with E-state index >= 15 is 0 Å². The van der Waals surface area contributed by atoms with Crippen LogP contribution in [0.15, 0.2) is 0 Å². The number of hydrogen-bond donors (Lipinski definition) is 2. The zero-order valence-electron chi connectivity index (χ0n) is 4.19. The van der Waals surface area contributed by atoms with Crippen molar-refractivity contribution in [1.82, 2.24) is 5.32 Å². The molecule has 0 spiro atoms. The van der Waals surface area contributed by atoms with Crippen LogP contribution < -0.4 is 11.1 Å². The standard InChI is InChI=1S/C3H8N2S.H2S/c1-2-5-3(4)6;/h2H2,1H3,(H3,4,5,6);1H2. The summed E-state index contributed by atoms with van der Waals surface area (Å²) >= 11 is 4.46. The largest absolute Gasteiger partial charge is 0.376 e. The minimum absolute atomic E-state index is 0. The predicted octanol–water partition coefficient (Wildman–Crippen LogP) is -0.0477. The summed E-state index contributed by atoms with van der Waals surface area (Å²) < 4.78 is 0. The Kier molecular flexibility index (Phi) is 8.72. The SMILES string of the molecule is CCNC(N)=S.S. The first-order chi connectivity index (χ1) is 2.77. The molecule has 0 rings (SSSR count). The highest BCUT2D eigenvalue weighted by Gasteiger charge is 1.73. The van der Waals surface area contributed by atoms with Gasteiger partial charge in [0.15, 0.2) is 5.11 Å². The molecule has 2 nitrogen and oxygen atoms in total. The van der Waals surface area contributed by atoms with Crippen molar-refractivity contribution in [2.75, 3.05) is 6.54 Å². The Morgan fingerprint density at radius 3 is 2.29 bits per heavy atom. The van der Waals surface area contributed by atoms with Crippen molar-refractivity contribution in [3.63, 3.8) is 0 Å². The van der Waals surface area contributed by atoms with Gasteiger partial charge in [0.2, 0.25) is 0 Å². The second-order valence-corrected chi connectivity index (χ2v) is 1.33. The quantitative estimate of drug-likeness (QED) is 0.499. The van der Waals surface area contributed by atoms with E-state index in [1.807, 2.05) is 6.92 Å². The molecule has 0 amide bonds. The maximum absolute atomic E-state index is 5.02. The Bertz CT molecular complexity index is 54.9. The van der Waals surface area contributed by atoms with Crippen LogP contribution in [0.3, 0.4) is 0 Å². The minimum Gasteiger partial charge on any atom is -0.376 e. The van der Waals surface area contributed by atoms with Gasteiger partial charge in [-0.1, -0.05) is 0 Å². The van der Waals surface area contributed by atoms with Gasteiger partial charge in [-0.2, -0.15) is 13.5 Å². The second kappa shape index (κ2) is 6.04. The van der Waals surface area contributed by atoms with Gasteiger partial charge >= 0.3 is 0 Å². The summed E-state index contributed by atoms with van der Waals surface area (Å²) in [4.78, 5) is 0. The van der Waals surface area contributed by atoms with Crippen LogP contribution in [0.25, 0.3) is 0 Å². The van der Waals surface area contributed by atoms with E-state index in [0.717, 1.165) is 6.54 Å². The highest BCUT2D eigenvalue weighted by Crippen LogP contribution is 1.52. The molecule has 4 heteroatoms. The van der Waals surface area contributed by atoms with E-state index in [9.17, 15) is 0 Å². The molecule has 0 bridgehead atoms. The molecule has 0 aromatic carbocycles. The molecule has 0 radical (unpaired) electrons. The Morgan fingerprint density at radius 2 is 2.29 bits per heavy atom. The van der Waals surface area contributed by atoms with Crippen LogP contribution in [-0.4, -0.2) is 11.7 Å². The monoisotopic (exact) mass is 138 g/mol. The molecule has 0 heterocycles. The van der Waals surface area contributed by atoms with Gasteiger partial charge in [-0.05, 0) is 19.1 Å². The van der Waals surface area contributed by atoms with Crippen LogP contribution in [-0.2, 0) is 0 Å². The lowest BCUT2D eigenvalue weighted by atomic mass is 10.8. The fraction of sp³-hybridized carbons (Fsp3) is 0.667. The van der Waals surface area contributed by atoms with Gasteiger partial charge in [-0.25, -0.2) is 0 Å². The summed E-state index contributed by atoms with van der Waals surface area (Å²) in [6.07, 6.45) is 0. The van der Waals surface area contributed by atoms with E-state index in [1.165, 1.54) is 0 Å². The Morgan fingerprint density at radius 1 is 1.86 bits per heavy atom. The van der Waals surface area contributed by atoms with Crippen LogP contribution in [0.2, 0.25) is 0 Å². The van der Waals surface area contributed by atoms with E-state index in [2.05, 4.69) is 17.5 Å². The molecule has 0 aliphatic rings. The molecule has 0 unspecified atom stereocenters. The molecular weight excluding hydrogens is 128 g/mol. The van der Waals surface area contributed by atoms with Crippen LogP contribution in [0.1, 0.15) is 6.92 Å². The normalized spacial score (nSPS) is 6.43. The molecule has 44 valence electrons. The average Bonchev–Trinajstić information content (AvgIpc) is 1.35. The van der Waals surface area contributed by atoms with E-state index in [-0.39, 0.29) is 13.5 Å². The highest BCUT2D eigenvalue weighted by atomic mass is 32.1. The third-order valence-corrected chi connectivity index (χ3v) is 0.495. The van der Waals surface area contributed by atoms with Crippen molar-refractivity contribution in [2.45, 2.75) is 6.92 Å². The summed E-state index contributed by atoms with van der Waals surface area (Å²) in [5.41, 5.74) is 5.02. The van der Waals surface area contributed by atoms with E-state index < -0.39 is 0 Å². The van der Waals surface area contributed by atoms with Crippen LogP contribution in [0, 0.1) is 0 Å². The molecule has 0 aliphatic heterocycles. The Hall–Kier alpha value is 0.0400. The summed E-state index contributed by atoms with van der Waals surface area (Å²) in [5.74, 6) is 0. The van der Waals surface area contributed by atoms with Crippen LogP contribution >= 0.6 is 25.7 Å². The fourth-order valence-corrected chi connectivity index (χ4v) is 0.319. The molecule has 7 heavy (non-hydrogen) atoms. The van der Waals surface area contributed by atoms with E-state index in [4.69, 9.17) is 5.73 Å². The van der Waals surface area contributed by atoms with Crippen molar-refractivity contribution in [2.24, 2.45) is 5.73 Å². The first kappa shape index (κ1) is 10.1. The van der Waals surface area contributed by atoms with Crippen LogP contribution in [0.4, 0.5) is 0 Å². The van der Waals surface area contributed by atoms with Gasteiger partial charge in [0, 0.05) is 6.54 Å². The van der Waals surface area contributed by atoms with Gasteiger partial charge < -0.3 is 11.1 Å².